The number of nitrogens with two attached hydrogens (primary N) is 1. The fraction of sp³-hybridized carbons (Fsp3) is 0.118. The zero-order valence-electron chi connectivity index (χ0n) is 11.4. The molecule has 0 unspecified atom stereocenters. The first kappa shape index (κ1) is 12.5. The first-order valence-corrected chi connectivity index (χ1v) is 6.45. The number of hydrogen-bond acceptors (Lipinski definition) is 3. The molecule has 0 bridgehead atoms. The molecule has 100 valence electrons. The lowest BCUT2D eigenvalue weighted by atomic mass is 10.1. The summed E-state index contributed by atoms with van der Waals surface area (Å²) >= 11 is 0. The van der Waals surface area contributed by atoms with Gasteiger partial charge in [-0.1, -0.05) is 18.2 Å². The Balaban J connectivity index is 2.26. The van der Waals surface area contributed by atoms with E-state index in [1.165, 1.54) is 6.07 Å². The van der Waals surface area contributed by atoms with Crippen LogP contribution in [-0.2, 0) is 0 Å². The summed E-state index contributed by atoms with van der Waals surface area (Å²) in [4.78, 5) is 12.1. The smallest absolute Gasteiger partial charge is 0.193 e. The Bertz CT molecular complexity index is 862. The van der Waals surface area contributed by atoms with Crippen molar-refractivity contribution in [1.82, 2.24) is 0 Å². The van der Waals surface area contributed by atoms with Crippen LogP contribution >= 0.6 is 0 Å². The van der Waals surface area contributed by atoms with Crippen LogP contribution in [0, 0.1) is 13.8 Å². The zero-order chi connectivity index (χ0) is 14.3. The lowest BCUT2D eigenvalue weighted by Gasteiger charge is -2.06. The highest BCUT2D eigenvalue weighted by Gasteiger charge is 2.08. The minimum absolute atomic E-state index is 0.0413. The third-order valence-corrected chi connectivity index (χ3v) is 3.45. The van der Waals surface area contributed by atoms with Crippen molar-refractivity contribution in [1.29, 1.82) is 0 Å². The number of fused-ring (bicyclic) bond motifs is 1. The van der Waals surface area contributed by atoms with E-state index in [0.29, 0.717) is 22.4 Å². The lowest BCUT2D eigenvalue weighted by Crippen LogP contribution is -2.00. The van der Waals surface area contributed by atoms with E-state index in [4.69, 9.17) is 10.2 Å². The second kappa shape index (κ2) is 4.53. The van der Waals surface area contributed by atoms with E-state index >= 15 is 0 Å². The normalized spacial score (nSPS) is 10.9. The minimum atomic E-state index is -0.0413. The molecule has 0 radical (unpaired) electrons. The third-order valence-electron chi connectivity index (χ3n) is 3.45. The van der Waals surface area contributed by atoms with Gasteiger partial charge in [-0.3, -0.25) is 4.79 Å². The number of nitrogen functional groups attached to an aromatic ring is 1. The predicted molar refractivity (Wildman–Crippen MR) is 81.8 cm³/mol. The first-order chi connectivity index (χ1) is 9.54. The van der Waals surface area contributed by atoms with E-state index in [1.807, 2.05) is 44.2 Å². The number of hydrogen-bond donors (Lipinski definition) is 1. The first-order valence-electron chi connectivity index (χ1n) is 6.45. The van der Waals surface area contributed by atoms with Gasteiger partial charge in [-0.2, -0.15) is 0 Å². The highest BCUT2D eigenvalue weighted by Crippen LogP contribution is 2.25. The van der Waals surface area contributed by atoms with Crippen LogP contribution in [0.4, 0.5) is 5.69 Å². The van der Waals surface area contributed by atoms with Crippen LogP contribution in [0.1, 0.15) is 11.1 Å². The number of aryl methyl sites for hydroxylation is 2. The number of anilines is 1. The van der Waals surface area contributed by atoms with Gasteiger partial charge in [0.15, 0.2) is 5.43 Å². The number of rotatable bonds is 1. The van der Waals surface area contributed by atoms with E-state index < -0.39 is 0 Å². The number of benzene rings is 2. The topological polar surface area (TPSA) is 56.2 Å². The van der Waals surface area contributed by atoms with Gasteiger partial charge >= 0.3 is 0 Å². The van der Waals surface area contributed by atoms with Gasteiger partial charge in [-0.05, 0) is 43.2 Å². The highest BCUT2D eigenvalue weighted by atomic mass is 16.3. The molecular weight excluding hydrogens is 250 g/mol. The van der Waals surface area contributed by atoms with E-state index in [0.717, 1.165) is 16.7 Å². The molecule has 0 saturated heterocycles. The molecule has 1 heterocycles. The average molecular weight is 265 g/mol. The molecule has 0 fully saturated rings. The maximum absolute atomic E-state index is 12.1. The van der Waals surface area contributed by atoms with Crippen molar-refractivity contribution in [3.63, 3.8) is 0 Å². The van der Waals surface area contributed by atoms with E-state index in [9.17, 15) is 4.79 Å². The van der Waals surface area contributed by atoms with Gasteiger partial charge < -0.3 is 10.2 Å². The summed E-state index contributed by atoms with van der Waals surface area (Å²) < 4.78 is 5.85. The van der Waals surface area contributed by atoms with Crippen LogP contribution in [0.25, 0.3) is 22.3 Å². The molecule has 3 aromatic rings. The van der Waals surface area contributed by atoms with Crippen LogP contribution in [0.2, 0.25) is 0 Å². The van der Waals surface area contributed by atoms with Gasteiger partial charge in [0.1, 0.15) is 11.3 Å². The molecule has 0 amide bonds. The quantitative estimate of drug-likeness (QED) is 0.683. The van der Waals surface area contributed by atoms with Gasteiger partial charge in [-0.15, -0.1) is 0 Å². The second-order valence-electron chi connectivity index (χ2n) is 5.05. The van der Waals surface area contributed by atoms with Crippen molar-refractivity contribution < 1.29 is 4.42 Å². The van der Waals surface area contributed by atoms with Crippen LogP contribution in [0.5, 0.6) is 0 Å². The summed E-state index contributed by atoms with van der Waals surface area (Å²) in [5, 5.41) is 0.597. The maximum atomic E-state index is 12.1. The Morgan fingerprint density at radius 3 is 2.55 bits per heavy atom. The molecule has 0 aliphatic carbocycles. The molecule has 2 N–H and O–H groups in total. The molecule has 0 atom stereocenters. The van der Waals surface area contributed by atoms with Gasteiger partial charge in [-0.25, -0.2) is 0 Å². The van der Waals surface area contributed by atoms with Gasteiger partial charge in [0, 0.05) is 17.3 Å². The highest BCUT2D eigenvalue weighted by molar-refractivity contribution is 5.79. The van der Waals surface area contributed by atoms with Crippen molar-refractivity contribution >= 4 is 16.7 Å². The van der Waals surface area contributed by atoms with Crippen molar-refractivity contribution in [2.75, 3.05) is 5.73 Å². The van der Waals surface area contributed by atoms with Crippen LogP contribution in [0.3, 0.4) is 0 Å². The summed E-state index contributed by atoms with van der Waals surface area (Å²) in [6.45, 7) is 3.91. The van der Waals surface area contributed by atoms with Gasteiger partial charge in [0.25, 0.3) is 0 Å². The van der Waals surface area contributed by atoms with E-state index in [2.05, 4.69) is 0 Å². The molecule has 0 aliphatic heterocycles. The molecule has 3 heteroatoms. The van der Waals surface area contributed by atoms with Crippen molar-refractivity contribution in [2.45, 2.75) is 13.8 Å². The third kappa shape index (κ3) is 2.07. The van der Waals surface area contributed by atoms with E-state index in [-0.39, 0.29) is 5.43 Å². The maximum Gasteiger partial charge on any atom is 0.193 e. The second-order valence-corrected chi connectivity index (χ2v) is 5.05. The Hall–Kier alpha value is -2.55. The fourth-order valence-electron chi connectivity index (χ4n) is 2.20. The summed E-state index contributed by atoms with van der Waals surface area (Å²) in [6.07, 6.45) is 0. The summed E-state index contributed by atoms with van der Waals surface area (Å²) in [6, 6.07) is 12.7. The Morgan fingerprint density at radius 2 is 1.80 bits per heavy atom. The lowest BCUT2D eigenvalue weighted by molar-refractivity contribution is 0.618. The zero-order valence-corrected chi connectivity index (χ0v) is 11.4. The molecule has 1 aromatic heterocycles. The SMILES string of the molecule is Cc1ccc2c(=O)cc(-c3ccc(C)c(N)c3)oc2c1. The van der Waals surface area contributed by atoms with Gasteiger partial charge in [0.05, 0.1) is 5.39 Å². The largest absolute Gasteiger partial charge is 0.456 e. The summed E-state index contributed by atoms with van der Waals surface area (Å²) in [7, 11) is 0. The standard InChI is InChI=1S/C17H15NO2/c1-10-3-6-13-15(19)9-16(20-17(13)7-10)12-5-4-11(2)14(18)8-12/h3-9H,18H2,1-2H3. The molecule has 0 aliphatic rings. The van der Waals surface area contributed by atoms with Crippen LogP contribution in [0.15, 0.2) is 51.7 Å². The molecular formula is C17H15NO2. The summed E-state index contributed by atoms with van der Waals surface area (Å²) in [5.41, 5.74) is 10.0. The Kier molecular flexibility index (Phi) is 2.83. The molecule has 3 rings (SSSR count). The van der Waals surface area contributed by atoms with Crippen LogP contribution in [-0.4, -0.2) is 0 Å². The molecule has 3 nitrogen and oxygen atoms in total. The predicted octanol–water partition coefficient (Wildman–Crippen LogP) is 3.66. The minimum Gasteiger partial charge on any atom is -0.456 e. The Labute approximate surface area is 116 Å². The molecule has 0 saturated carbocycles. The average Bonchev–Trinajstić information content (AvgIpc) is 2.41. The van der Waals surface area contributed by atoms with Crippen molar-refractivity contribution in [3.05, 3.63) is 63.8 Å². The van der Waals surface area contributed by atoms with Crippen molar-refractivity contribution in [2.24, 2.45) is 0 Å². The molecule has 0 spiro atoms. The monoisotopic (exact) mass is 265 g/mol. The molecule has 20 heavy (non-hydrogen) atoms. The van der Waals surface area contributed by atoms with Gasteiger partial charge in [0.2, 0.25) is 0 Å². The Morgan fingerprint density at radius 1 is 1.00 bits per heavy atom. The fourth-order valence-corrected chi connectivity index (χ4v) is 2.20. The van der Waals surface area contributed by atoms with Crippen molar-refractivity contribution in [3.8, 4) is 11.3 Å². The van der Waals surface area contributed by atoms with E-state index in [1.54, 1.807) is 6.07 Å². The van der Waals surface area contributed by atoms with Crippen LogP contribution < -0.4 is 11.2 Å². The summed E-state index contributed by atoms with van der Waals surface area (Å²) in [5.74, 6) is 0.541. The molecule has 2 aromatic carbocycles.